The summed E-state index contributed by atoms with van der Waals surface area (Å²) in [6.07, 6.45) is 2.66. The summed E-state index contributed by atoms with van der Waals surface area (Å²) in [4.78, 5) is 33.3. The maximum absolute atomic E-state index is 12.9. The minimum absolute atomic E-state index is 0.0330. The molecule has 1 amide bonds. The number of carboxylic acids is 1. The molecule has 1 unspecified atom stereocenters. The lowest BCUT2D eigenvalue weighted by molar-refractivity contribution is -0.0242. The molecule has 0 aliphatic carbocycles. The van der Waals surface area contributed by atoms with Gasteiger partial charge in [-0.2, -0.15) is 0 Å². The van der Waals surface area contributed by atoms with Crippen molar-refractivity contribution in [1.29, 1.82) is 0 Å². The van der Waals surface area contributed by atoms with E-state index in [4.69, 9.17) is 16.3 Å². The van der Waals surface area contributed by atoms with Crippen LogP contribution in [0, 0.1) is 0 Å². The monoisotopic (exact) mass is 411 g/mol. The summed E-state index contributed by atoms with van der Waals surface area (Å²) in [5, 5.41) is 9.30. The lowest BCUT2D eigenvalue weighted by Crippen LogP contribution is -2.27. The first-order valence-corrected chi connectivity index (χ1v) is 8.64. The zero-order chi connectivity index (χ0) is 20.6. The van der Waals surface area contributed by atoms with Gasteiger partial charge < -0.3 is 14.7 Å². The number of hydrogen-bond donors (Lipinski definition) is 1. The minimum atomic E-state index is -3.03. The van der Waals surface area contributed by atoms with E-state index in [0.29, 0.717) is 18.1 Å². The van der Waals surface area contributed by atoms with Crippen LogP contribution < -0.4 is 4.74 Å². The Labute approximate surface area is 163 Å². The molecule has 1 aliphatic heterocycles. The van der Waals surface area contributed by atoms with Gasteiger partial charge in [0.15, 0.2) is 12.3 Å². The number of rotatable bonds is 6. The second-order valence-electron chi connectivity index (χ2n) is 6.51. The fourth-order valence-corrected chi connectivity index (χ4v) is 3.13. The summed E-state index contributed by atoms with van der Waals surface area (Å²) in [5.41, 5.74) is 1.01. The molecule has 0 bridgehead atoms. The Morgan fingerprint density at radius 3 is 2.79 bits per heavy atom. The summed E-state index contributed by atoms with van der Waals surface area (Å²) in [6, 6.07) is 2.46. The molecule has 148 valence electrons. The number of fused-ring (bicyclic) bond motifs is 1. The Kier molecular flexibility index (Phi) is 5.20. The normalized spacial score (nSPS) is 14.8. The molecule has 0 fully saturated rings. The van der Waals surface area contributed by atoms with E-state index >= 15 is 0 Å². The maximum atomic E-state index is 12.9. The Hall–Kier alpha value is -2.81. The van der Waals surface area contributed by atoms with Crippen LogP contribution in [0.4, 0.5) is 8.78 Å². The number of ether oxygens (including phenoxy) is 1. The van der Waals surface area contributed by atoms with Crippen molar-refractivity contribution < 1.29 is 28.2 Å². The second-order valence-corrected chi connectivity index (χ2v) is 6.92. The van der Waals surface area contributed by atoms with Gasteiger partial charge in [0.05, 0.1) is 6.04 Å². The molecule has 7 nitrogen and oxygen atoms in total. The molecule has 10 heteroatoms. The summed E-state index contributed by atoms with van der Waals surface area (Å²) >= 11 is 6.08. The number of aromatic carboxylic acids is 1. The summed E-state index contributed by atoms with van der Waals surface area (Å²) in [6.45, 7) is 1.65. The van der Waals surface area contributed by atoms with Gasteiger partial charge in [-0.05, 0) is 24.6 Å². The van der Waals surface area contributed by atoms with Gasteiger partial charge in [-0.1, -0.05) is 11.6 Å². The third-order valence-electron chi connectivity index (χ3n) is 4.32. The zero-order valence-corrected chi connectivity index (χ0v) is 15.7. The van der Waals surface area contributed by atoms with Gasteiger partial charge in [-0.15, -0.1) is 0 Å². The largest absolute Gasteiger partial charge is 0.477 e. The Morgan fingerprint density at radius 2 is 2.18 bits per heavy atom. The van der Waals surface area contributed by atoms with E-state index in [1.807, 2.05) is 0 Å². The highest BCUT2D eigenvalue weighted by atomic mass is 35.5. The molecule has 3 heterocycles. The summed E-state index contributed by atoms with van der Waals surface area (Å²) in [5.74, 6) is -4.71. The highest BCUT2D eigenvalue weighted by molar-refractivity contribution is 6.31. The van der Waals surface area contributed by atoms with Crippen LogP contribution in [0.1, 0.15) is 51.9 Å². The Morgan fingerprint density at radius 1 is 1.46 bits per heavy atom. The van der Waals surface area contributed by atoms with E-state index in [1.165, 1.54) is 29.4 Å². The molecule has 2 aromatic heterocycles. The quantitative estimate of drug-likeness (QED) is 0.781. The number of carbonyl (C=O) groups is 2. The van der Waals surface area contributed by atoms with Gasteiger partial charge in [0.2, 0.25) is 5.88 Å². The van der Waals surface area contributed by atoms with Gasteiger partial charge in [0.1, 0.15) is 5.02 Å². The van der Waals surface area contributed by atoms with Crippen molar-refractivity contribution in [2.24, 2.45) is 0 Å². The smallest absolute Gasteiger partial charge is 0.354 e. The molecule has 0 saturated carbocycles. The van der Waals surface area contributed by atoms with Crippen molar-refractivity contribution in [2.75, 3.05) is 6.61 Å². The standard InChI is InChI=1S/C18H16ClF2N3O4/c1-9(10-5-13(19)15(23-6-10)28-8-18(2,20)21)24-7-12-11(16(24)25)3-4-22-14(12)17(26)27/h3-6,9H,7-8H2,1-2H3,(H,26,27). The van der Waals surface area contributed by atoms with Crippen LogP contribution in [-0.2, 0) is 6.54 Å². The number of amides is 1. The van der Waals surface area contributed by atoms with E-state index in [-0.39, 0.29) is 34.6 Å². The number of hydrogen-bond acceptors (Lipinski definition) is 5. The highest BCUT2D eigenvalue weighted by Crippen LogP contribution is 2.34. The van der Waals surface area contributed by atoms with Crippen LogP contribution in [0.3, 0.4) is 0 Å². The topological polar surface area (TPSA) is 92.6 Å². The number of nitrogens with zero attached hydrogens (tertiary/aromatic N) is 3. The number of pyridine rings is 2. The number of carbonyl (C=O) groups excluding carboxylic acids is 1. The molecule has 1 aliphatic rings. The van der Waals surface area contributed by atoms with Gasteiger partial charge in [-0.25, -0.2) is 23.5 Å². The van der Waals surface area contributed by atoms with Crippen molar-refractivity contribution in [1.82, 2.24) is 14.9 Å². The van der Waals surface area contributed by atoms with Crippen LogP contribution in [0.25, 0.3) is 0 Å². The van der Waals surface area contributed by atoms with E-state index < -0.39 is 24.5 Å². The fourth-order valence-electron chi connectivity index (χ4n) is 2.90. The molecular formula is C18H16ClF2N3O4. The van der Waals surface area contributed by atoms with Gasteiger partial charge in [0.25, 0.3) is 11.8 Å². The molecule has 28 heavy (non-hydrogen) atoms. The molecule has 3 rings (SSSR count). The average molecular weight is 412 g/mol. The van der Waals surface area contributed by atoms with Crippen molar-refractivity contribution >= 4 is 23.5 Å². The minimum Gasteiger partial charge on any atom is -0.477 e. The number of alkyl halides is 2. The maximum Gasteiger partial charge on any atom is 0.354 e. The second kappa shape index (κ2) is 7.31. The zero-order valence-electron chi connectivity index (χ0n) is 14.9. The van der Waals surface area contributed by atoms with Crippen molar-refractivity contribution in [3.05, 3.63) is 51.9 Å². The molecule has 0 spiro atoms. The third kappa shape index (κ3) is 3.89. The lowest BCUT2D eigenvalue weighted by Gasteiger charge is -2.25. The Bertz CT molecular complexity index is 949. The first-order valence-electron chi connectivity index (χ1n) is 8.26. The van der Waals surface area contributed by atoms with Crippen LogP contribution >= 0.6 is 11.6 Å². The molecule has 0 aromatic carbocycles. The van der Waals surface area contributed by atoms with Crippen LogP contribution in [0.15, 0.2) is 24.5 Å². The number of aromatic nitrogens is 2. The Balaban J connectivity index is 1.82. The average Bonchev–Trinajstić information content (AvgIpc) is 2.96. The molecule has 1 N–H and O–H groups in total. The first-order chi connectivity index (χ1) is 13.1. The van der Waals surface area contributed by atoms with Crippen LogP contribution in [0.2, 0.25) is 5.02 Å². The van der Waals surface area contributed by atoms with E-state index in [9.17, 15) is 23.5 Å². The van der Waals surface area contributed by atoms with Crippen molar-refractivity contribution in [3.8, 4) is 5.88 Å². The predicted octanol–water partition coefficient (Wildman–Crippen LogP) is 3.58. The SMILES string of the molecule is CC(c1cnc(OCC(C)(F)F)c(Cl)c1)N1Cc2c(ccnc2C(=O)O)C1=O. The van der Waals surface area contributed by atoms with Crippen molar-refractivity contribution in [2.45, 2.75) is 32.4 Å². The number of halogens is 3. The van der Waals surface area contributed by atoms with Gasteiger partial charge in [-0.3, -0.25) is 4.79 Å². The van der Waals surface area contributed by atoms with Gasteiger partial charge in [0, 0.05) is 37.0 Å². The van der Waals surface area contributed by atoms with E-state index in [1.54, 1.807) is 6.92 Å². The molecule has 1 atom stereocenters. The van der Waals surface area contributed by atoms with Gasteiger partial charge >= 0.3 is 5.97 Å². The number of carboxylic acid groups (broad SMARTS) is 1. The van der Waals surface area contributed by atoms with Crippen LogP contribution in [0.5, 0.6) is 5.88 Å². The predicted molar refractivity (Wildman–Crippen MR) is 94.8 cm³/mol. The summed E-state index contributed by atoms with van der Waals surface area (Å²) < 4.78 is 30.8. The molecule has 0 radical (unpaired) electrons. The third-order valence-corrected chi connectivity index (χ3v) is 4.59. The molecule has 0 saturated heterocycles. The first kappa shape index (κ1) is 19.9. The van der Waals surface area contributed by atoms with Crippen molar-refractivity contribution in [3.63, 3.8) is 0 Å². The molecule has 2 aromatic rings. The highest BCUT2D eigenvalue weighted by Gasteiger charge is 2.35. The molecular weight excluding hydrogens is 396 g/mol. The fraction of sp³-hybridized carbons (Fsp3) is 0.333. The van der Waals surface area contributed by atoms with Crippen LogP contribution in [-0.4, -0.2) is 44.4 Å². The van der Waals surface area contributed by atoms with E-state index in [0.717, 1.165) is 0 Å². The van der Waals surface area contributed by atoms with E-state index in [2.05, 4.69) is 9.97 Å². The summed E-state index contributed by atoms with van der Waals surface area (Å²) in [7, 11) is 0. The lowest BCUT2D eigenvalue weighted by atomic mass is 10.1.